The first-order valence-corrected chi connectivity index (χ1v) is 9.14. The van der Waals surface area contributed by atoms with Gasteiger partial charge in [0.25, 0.3) is 0 Å². The van der Waals surface area contributed by atoms with Crippen LogP contribution in [0.2, 0.25) is 0 Å². The van der Waals surface area contributed by atoms with E-state index in [0.717, 1.165) is 13.1 Å². The highest BCUT2D eigenvalue weighted by atomic mass is 79.9. The predicted molar refractivity (Wildman–Crippen MR) is 102 cm³/mol. The predicted octanol–water partition coefficient (Wildman–Crippen LogP) is 1.44. The third-order valence-electron chi connectivity index (χ3n) is 4.83. The molecule has 2 nitrogen and oxygen atoms in total. The Balaban J connectivity index is 0.00000196. The summed E-state index contributed by atoms with van der Waals surface area (Å²) in [5.74, 6) is 0. The molecule has 0 spiro atoms. The van der Waals surface area contributed by atoms with E-state index >= 15 is 0 Å². The van der Waals surface area contributed by atoms with Gasteiger partial charge in [-0.25, -0.2) is 9.13 Å². The number of aryl methyl sites for hydroxylation is 2. The largest absolute Gasteiger partial charge is 1.00 e. The first-order chi connectivity index (χ1) is 12.4. The zero-order valence-corrected chi connectivity index (χ0v) is 16.5. The van der Waals surface area contributed by atoms with Crippen molar-refractivity contribution in [3.63, 3.8) is 0 Å². The highest BCUT2D eigenvalue weighted by Crippen LogP contribution is 2.11. The highest BCUT2D eigenvalue weighted by molar-refractivity contribution is 5.80. The second-order valence-electron chi connectivity index (χ2n) is 6.68. The summed E-state index contributed by atoms with van der Waals surface area (Å²) in [6, 6.07) is 21.5. The van der Waals surface area contributed by atoms with Crippen molar-refractivity contribution >= 4 is 21.5 Å². The summed E-state index contributed by atoms with van der Waals surface area (Å²) in [6.07, 6.45) is 12.6. The van der Waals surface area contributed by atoms with Gasteiger partial charge in [0.2, 0.25) is 0 Å². The third kappa shape index (κ3) is 4.47. The molecule has 0 bridgehead atoms. The molecule has 26 heavy (non-hydrogen) atoms. The van der Waals surface area contributed by atoms with Crippen LogP contribution in [-0.4, -0.2) is 0 Å². The van der Waals surface area contributed by atoms with Gasteiger partial charge in [0.1, 0.15) is 13.1 Å². The van der Waals surface area contributed by atoms with Crippen molar-refractivity contribution in [2.24, 2.45) is 0 Å². The summed E-state index contributed by atoms with van der Waals surface area (Å²) < 4.78 is 4.62. The number of aromatic nitrogens is 2. The maximum absolute atomic E-state index is 2.31. The van der Waals surface area contributed by atoms with E-state index in [-0.39, 0.29) is 17.0 Å². The monoisotopic (exact) mass is 407 g/mol. The minimum Gasteiger partial charge on any atom is -1.00 e. The topological polar surface area (TPSA) is 7.76 Å². The molecule has 0 atom stereocenters. The molecule has 2 aromatic carbocycles. The average molecular weight is 408 g/mol. The smallest absolute Gasteiger partial charge is 0.176 e. The minimum absolute atomic E-state index is 0. The van der Waals surface area contributed by atoms with Crippen LogP contribution in [0.4, 0.5) is 0 Å². The third-order valence-corrected chi connectivity index (χ3v) is 4.83. The molecular formula is C23H24BrN2+. The number of rotatable bonds is 6. The van der Waals surface area contributed by atoms with Gasteiger partial charge >= 0.3 is 0 Å². The molecule has 0 amide bonds. The van der Waals surface area contributed by atoms with Crippen molar-refractivity contribution in [2.45, 2.75) is 32.4 Å². The maximum atomic E-state index is 2.31. The van der Waals surface area contributed by atoms with Crippen LogP contribution in [0.25, 0.3) is 21.5 Å². The standard InChI is InChI=1S/C23H24N2.BrH/c1(6-14-24-16-12-20-8-2-4-10-22(20)18-24)7-15-25-17-13-21-9-3-5-11-23(21)19-25;/h2-5,8-13,16-19H,1,6-7,14-15H2;1H/q+2;/p-1. The molecule has 0 aliphatic carbocycles. The van der Waals surface area contributed by atoms with Gasteiger partial charge in [0.05, 0.1) is 0 Å². The van der Waals surface area contributed by atoms with Crippen molar-refractivity contribution in [2.75, 3.05) is 0 Å². The van der Waals surface area contributed by atoms with Gasteiger partial charge in [0.15, 0.2) is 24.8 Å². The molecule has 132 valence electrons. The Kier molecular flexibility index (Phi) is 6.35. The van der Waals surface area contributed by atoms with Gasteiger partial charge in [0, 0.05) is 35.7 Å². The van der Waals surface area contributed by atoms with E-state index in [0.29, 0.717) is 0 Å². The molecule has 0 radical (unpaired) electrons. The van der Waals surface area contributed by atoms with E-state index in [1.165, 1.54) is 40.8 Å². The van der Waals surface area contributed by atoms with E-state index in [9.17, 15) is 0 Å². The van der Waals surface area contributed by atoms with Gasteiger partial charge in [-0.3, -0.25) is 0 Å². The first-order valence-electron chi connectivity index (χ1n) is 9.14. The van der Waals surface area contributed by atoms with Gasteiger partial charge < -0.3 is 17.0 Å². The van der Waals surface area contributed by atoms with Crippen LogP contribution in [0.15, 0.2) is 85.5 Å². The van der Waals surface area contributed by atoms with E-state index in [4.69, 9.17) is 0 Å². The Bertz CT molecular complexity index is 916. The Morgan fingerprint density at radius 2 is 0.923 bits per heavy atom. The van der Waals surface area contributed by atoms with Crippen LogP contribution in [0, 0.1) is 0 Å². The lowest BCUT2D eigenvalue weighted by molar-refractivity contribution is -0.699. The molecular weight excluding hydrogens is 384 g/mol. The van der Waals surface area contributed by atoms with Crippen molar-refractivity contribution in [3.05, 3.63) is 85.5 Å². The number of benzene rings is 2. The van der Waals surface area contributed by atoms with E-state index in [1.807, 2.05) is 0 Å². The number of unbranched alkanes of at least 4 members (excludes halogenated alkanes) is 2. The van der Waals surface area contributed by atoms with Gasteiger partial charge in [-0.15, -0.1) is 0 Å². The first kappa shape index (κ1) is 18.5. The lowest BCUT2D eigenvalue weighted by Crippen LogP contribution is -3.00. The number of pyridine rings is 2. The fourth-order valence-electron chi connectivity index (χ4n) is 3.40. The van der Waals surface area contributed by atoms with Crippen LogP contribution in [0.3, 0.4) is 0 Å². The molecule has 2 aromatic heterocycles. The summed E-state index contributed by atoms with van der Waals surface area (Å²) in [4.78, 5) is 0. The number of nitrogens with zero attached hydrogens (tertiary/aromatic N) is 2. The Hall–Kier alpha value is -2.26. The molecule has 4 rings (SSSR count). The van der Waals surface area contributed by atoms with E-state index in [1.54, 1.807) is 0 Å². The Morgan fingerprint density at radius 3 is 1.38 bits per heavy atom. The van der Waals surface area contributed by atoms with Crippen molar-refractivity contribution in [1.29, 1.82) is 0 Å². The molecule has 0 N–H and O–H groups in total. The summed E-state index contributed by atoms with van der Waals surface area (Å²) in [5, 5.41) is 5.26. The normalized spacial score (nSPS) is 10.8. The SMILES string of the molecule is [Br-].c1ccc2c[n+](CCCCC[n+]3ccc4ccccc4c3)ccc2c1. The molecule has 0 saturated heterocycles. The molecule has 0 saturated carbocycles. The van der Waals surface area contributed by atoms with Crippen molar-refractivity contribution < 1.29 is 26.1 Å². The lowest BCUT2D eigenvalue weighted by Gasteiger charge is -2.01. The van der Waals surface area contributed by atoms with Crippen LogP contribution < -0.4 is 26.1 Å². The Morgan fingerprint density at radius 1 is 0.500 bits per heavy atom. The second kappa shape index (κ2) is 8.91. The van der Waals surface area contributed by atoms with Crippen LogP contribution in [0.5, 0.6) is 0 Å². The summed E-state index contributed by atoms with van der Waals surface area (Å²) in [6.45, 7) is 2.18. The molecule has 4 aromatic rings. The van der Waals surface area contributed by atoms with E-state index in [2.05, 4.69) is 94.6 Å². The maximum Gasteiger partial charge on any atom is 0.176 e. The Labute approximate surface area is 165 Å². The highest BCUT2D eigenvalue weighted by Gasteiger charge is 2.05. The quantitative estimate of drug-likeness (QED) is 0.337. The molecule has 0 aliphatic heterocycles. The summed E-state index contributed by atoms with van der Waals surface area (Å²) >= 11 is 0. The molecule has 0 aliphatic rings. The zero-order chi connectivity index (χ0) is 16.9. The molecule has 0 unspecified atom stereocenters. The fraction of sp³-hybridized carbons (Fsp3) is 0.217. The minimum atomic E-state index is 0. The summed E-state index contributed by atoms with van der Waals surface area (Å²) in [5.41, 5.74) is 0. The van der Waals surface area contributed by atoms with Crippen LogP contribution in [0.1, 0.15) is 19.3 Å². The van der Waals surface area contributed by atoms with Gasteiger partial charge in [-0.05, 0) is 29.3 Å². The van der Waals surface area contributed by atoms with Crippen molar-refractivity contribution in [1.82, 2.24) is 0 Å². The summed E-state index contributed by atoms with van der Waals surface area (Å²) in [7, 11) is 0. The molecule has 3 heteroatoms. The number of halogens is 1. The van der Waals surface area contributed by atoms with Crippen LogP contribution in [-0.2, 0) is 13.1 Å². The number of hydrogen-bond acceptors (Lipinski definition) is 0. The fourth-order valence-corrected chi connectivity index (χ4v) is 3.40. The van der Waals surface area contributed by atoms with Crippen LogP contribution >= 0.6 is 0 Å². The second-order valence-corrected chi connectivity index (χ2v) is 6.68. The molecule has 0 fully saturated rings. The van der Waals surface area contributed by atoms with Crippen molar-refractivity contribution in [3.8, 4) is 0 Å². The number of fused-ring (bicyclic) bond motifs is 2. The van der Waals surface area contributed by atoms with Gasteiger partial charge in [-0.2, -0.15) is 0 Å². The average Bonchev–Trinajstić information content (AvgIpc) is 2.67. The number of hydrogen-bond donors (Lipinski definition) is 0. The van der Waals surface area contributed by atoms with Gasteiger partial charge in [-0.1, -0.05) is 36.4 Å². The molecule has 2 heterocycles. The lowest BCUT2D eigenvalue weighted by atomic mass is 10.1. The zero-order valence-electron chi connectivity index (χ0n) is 14.9. The van der Waals surface area contributed by atoms with E-state index < -0.39 is 0 Å².